The lowest BCUT2D eigenvalue weighted by molar-refractivity contribution is -0.140. The summed E-state index contributed by atoms with van der Waals surface area (Å²) in [6.45, 7) is 7.98. The van der Waals surface area contributed by atoms with E-state index in [1.54, 1.807) is 13.8 Å². The Bertz CT molecular complexity index is 539. The number of hydrogen-bond acceptors (Lipinski definition) is 5. The summed E-state index contributed by atoms with van der Waals surface area (Å²) in [4.78, 5) is 23.1. The van der Waals surface area contributed by atoms with Gasteiger partial charge in [0.1, 0.15) is 10.0 Å². The number of rotatable bonds is 5. The van der Waals surface area contributed by atoms with E-state index in [4.69, 9.17) is 5.11 Å². The zero-order chi connectivity index (χ0) is 15.1. The van der Waals surface area contributed by atoms with E-state index in [1.807, 2.05) is 13.8 Å². The highest BCUT2D eigenvalue weighted by molar-refractivity contribution is 7.11. The molecule has 20 heavy (non-hydrogen) atoms. The maximum atomic E-state index is 12.0. The molecule has 2 N–H and O–H groups in total. The van der Waals surface area contributed by atoms with Gasteiger partial charge in [-0.25, -0.2) is 0 Å². The predicted octanol–water partition coefficient (Wildman–Crippen LogP) is 1.63. The number of nitrogens with one attached hydrogen (secondary N) is 1. The number of amides is 1. The van der Waals surface area contributed by atoms with Crippen molar-refractivity contribution in [2.75, 3.05) is 0 Å². The van der Waals surface area contributed by atoms with Gasteiger partial charge in [0.15, 0.2) is 0 Å². The lowest BCUT2D eigenvalue weighted by atomic mass is 10.1. The Hall–Kier alpha value is -1.50. The minimum absolute atomic E-state index is 0.219. The maximum Gasteiger partial charge on any atom is 0.307 e. The van der Waals surface area contributed by atoms with Gasteiger partial charge in [0.2, 0.25) is 5.91 Å². The average Bonchev–Trinajstić information content (AvgIpc) is 2.74. The summed E-state index contributed by atoms with van der Waals surface area (Å²) in [5.41, 5.74) is -0.472. The summed E-state index contributed by atoms with van der Waals surface area (Å²) in [6, 6.07) is 0. The van der Waals surface area contributed by atoms with Crippen LogP contribution in [0.15, 0.2) is 0 Å². The SMILES string of the molecule is CC(C)c1nnc(CNC(=O)[C@@H]2[C@H](C(=O)O)C2(C)C)s1. The van der Waals surface area contributed by atoms with Crippen molar-refractivity contribution >= 4 is 23.2 Å². The van der Waals surface area contributed by atoms with Crippen LogP contribution in [0.3, 0.4) is 0 Å². The molecule has 6 nitrogen and oxygen atoms in total. The summed E-state index contributed by atoms with van der Waals surface area (Å²) < 4.78 is 0. The van der Waals surface area contributed by atoms with Crippen LogP contribution in [0.4, 0.5) is 0 Å². The molecule has 2 atom stereocenters. The summed E-state index contributed by atoms with van der Waals surface area (Å²) in [6.07, 6.45) is 0. The number of carbonyl (C=O) groups is 2. The van der Waals surface area contributed by atoms with Crippen molar-refractivity contribution < 1.29 is 14.7 Å². The molecule has 1 amide bonds. The summed E-state index contributed by atoms with van der Waals surface area (Å²) in [7, 11) is 0. The van der Waals surface area contributed by atoms with Crippen LogP contribution in [0.1, 0.15) is 43.6 Å². The Morgan fingerprint density at radius 3 is 2.45 bits per heavy atom. The lowest BCUT2D eigenvalue weighted by Crippen LogP contribution is -2.26. The number of carboxylic acid groups (broad SMARTS) is 1. The molecular weight excluding hydrogens is 278 g/mol. The van der Waals surface area contributed by atoms with Crippen LogP contribution in [0.25, 0.3) is 0 Å². The van der Waals surface area contributed by atoms with Crippen molar-refractivity contribution in [2.45, 2.75) is 40.2 Å². The van der Waals surface area contributed by atoms with Gasteiger partial charge in [-0.15, -0.1) is 10.2 Å². The Morgan fingerprint density at radius 2 is 2.00 bits per heavy atom. The molecule has 1 aromatic heterocycles. The molecule has 0 aromatic carbocycles. The molecule has 7 heteroatoms. The van der Waals surface area contributed by atoms with Gasteiger partial charge in [-0.3, -0.25) is 9.59 Å². The monoisotopic (exact) mass is 297 g/mol. The number of nitrogens with zero attached hydrogens (tertiary/aromatic N) is 2. The third-order valence-corrected chi connectivity index (χ3v) is 4.99. The van der Waals surface area contributed by atoms with Gasteiger partial charge in [-0.1, -0.05) is 39.0 Å². The highest BCUT2D eigenvalue weighted by atomic mass is 32.1. The Labute approximate surface area is 121 Å². The van der Waals surface area contributed by atoms with Gasteiger partial charge in [0, 0.05) is 5.92 Å². The normalized spacial score (nSPS) is 23.6. The molecular formula is C13H19N3O3S. The first-order valence-corrected chi connectivity index (χ1v) is 7.39. The maximum absolute atomic E-state index is 12.0. The molecule has 0 spiro atoms. The molecule has 0 saturated heterocycles. The molecule has 0 radical (unpaired) electrons. The molecule has 1 heterocycles. The topological polar surface area (TPSA) is 92.2 Å². The third-order valence-electron chi connectivity index (χ3n) is 3.77. The molecule has 1 aliphatic carbocycles. The van der Waals surface area contributed by atoms with Crippen molar-refractivity contribution in [1.82, 2.24) is 15.5 Å². The quantitative estimate of drug-likeness (QED) is 0.862. The van der Waals surface area contributed by atoms with Crippen LogP contribution in [0.5, 0.6) is 0 Å². The van der Waals surface area contributed by atoms with Crippen LogP contribution < -0.4 is 5.32 Å². The number of aliphatic carboxylic acids is 1. The van der Waals surface area contributed by atoms with Crippen molar-refractivity contribution in [3.8, 4) is 0 Å². The van der Waals surface area contributed by atoms with E-state index in [9.17, 15) is 9.59 Å². The summed E-state index contributed by atoms with van der Waals surface area (Å²) >= 11 is 1.47. The standard InChI is InChI=1S/C13H19N3O3S/c1-6(2)11-16-15-7(20-11)5-14-10(17)8-9(12(18)19)13(8,3)4/h6,8-9H,5H2,1-4H3,(H,14,17)(H,18,19)/t8-,9+/m0/s1. The van der Waals surface area contributed by atoms with Crippen molar-refractivity contribution in [2.24, 2.45) is 17.3 Å². The van der Waals surface area contributed by atoms with E-state index in [0.717, 1.165) is 10.0 Å². The summed E-state index contributed by atoms with van der Waals surface area (Å²) in [5, 5.41) is 21.6. The molecule has 110 valence electrons. The fraction of sp³-hybridized carbons (Fsp3) is 0.692. The molecule has 0 aliphatic heterocycles. The fourth-order valence-electron chi connectivity index (χ4n) is 2.43. The van der Waals surface area contributed by atoms with Gasteiger partial charge in [0.25, 0.3) is 0 Å². The first-order valence-electron chi connectivity index (χ1n) is 6.58. The van der Waals surface area contributed by atoms with Gasteiger partial charge in [0.05, 0.1) is 18.4 Å². The number of aromatic nitrogens is 2. The average molecular weight is 297 g/mol. The van der Waals surface area contributed by atoms with E-state index < -0.39 is 23.2 Å². The first-order chi connectivity index (χ1) is 9.25. The van der Waals surface area contributed by atoms with Gasteiger partial charge < -0.3 is 10.4 Å². The van der Waals surface area contributed by atoms with Crippen molar-refractivity contribution in [3.63, 3.8) is 0 Å². The Morgan fingerprint density at radius 1 is 1.35 bits per heavy atom. The lowest BCUT2D eigenvalue weighted by Gasteiger charge is -2.03. The predicted molar refractivity (Wildman–Crippen MR) is 74.2 cm³/mol. The Kier molecular flexibility index (Phi) is 3.82. The number of carbonyl (C=O) groups excluding carboxylic acids is 1. The van der Waals surface area contributed by atoms with Crippen LogP contribution in [0, 0.1) is 17.3 Å². The molecule has 1 aliphatic rings. The molecule has 2 rings (SSSR count). The van der Waals surface area contributed by atoms with E-state index in [0.29, 0.717) is 12.5 Å². The first kappa shape index (κ1) is 14.9. The van der Waals surface area contributed by atoms with Crippen molar-refractivity contribution in [1.29, 1.82) is 0 Å². The van der Waals surface area contributed by atoms with Gasteiger partial charge >= 0.3 is 5.97 Å². The molecule has 1 fully saturated rings. The minimum Gasteiger partial charge on any atom is -0.481 e. The van der Waals surface area contributed by atoms with E-state index in [-0.39, 0.29) is 5.91 Å². The zero-order valence-electron chi connectivity index (χ0n) is 12.0. The summed E-state index contributed by atoms with van der Waals surface area (Å²) in [5.74, 6) is -1.87. The van der Waals surface area contributed by atoms with Crippen LogP contribution in [-0.2, 0) is 16.1 Å². The van der Waals surface area contributed by atoms with E-state index in [2.05, 4.69) is 15.5 Å². The van der Waals surface area contributed by atoms with Gasteiger partial charge in [-0.2, -0.15) is 0 Å². The largest absolute Gasteiger partial charge is 0.481 e. The van der Waals surface area contributed by atoms with Crippen molar-refractivity contribution in [3.05, 3.63) is 10.0 Å². The zero-order valence-corrected chi connectivity index (χ0v) is 12.8. The molecule has 0 bridgehead atoms. The number of hydrogen-bond donors (Lipinski definition) is 2. The third kappa shape index (κ3) is 2.67. The number of carboxylic acids is 1. The van der Waals surface area contributed by atoms with Crippen LogP contribution in [-0.4, -0.2) is 27.2 Å². The molecule has 0 unspecified atom stereocenters. The van der Waals surface area contributed by atoms with E-state index in [1.165, 1.54) is 11.3 Å². The Balaban J connectivity index is 1.91. The fourth-order valence-corrected chi connectivity index (χ4v) is 3.22. The smallest absolute Gasteiger partial charge is 0.307 e. The second-order valence-electron chi connectivity index (χ2n) is 6.02. The second kappa shape index (κ2) is 5.12. The second-order valence-corrected chi connectivity index (χ2v) is 7.12. The minimum atomic E-state index is -0.909. The molecule has 1 aromatic rings. The van der Waals surface area contributed by atoms with Crippen LogP contribution >= 0.6 is 11.3 Å². The molecule has 1 saturated carbocycles. The highest BCUT2D eigenvalue weighted by Gasteiger charge is 2.65. The van der Waals surface area contributed by atoms with Crippen LogP contribution in [0.2, 0.25) is 0 Å². The van der Waals surface area contributed by atoms with Gasteiger partial charge in [-0.05, 0) is 5.41 Å². The van der Waals surface area contributed by atoms with E-state index >= 15 is 0 Å². The highest BCUT2D eigenvalue weighted by Crippen LogP contribution is 2.58.